The Bertz CT molecular complexity index is 1340. The van der Waals surface area contributed by atoms with Gasteiger partial charge in [-0.3, -0.25) is 14.6 Å². The number of aromatic nitrogens is 3. The van der Waals surface area contributed by atoms with Gasteiger partial charge in [0.05, 0.1) is 35.0 Å². The van der Waals surface area contributed by atoms with E-state index in [2.05, 4.69) is 21.4 Å². The quantitative estimate of drug-likeness (QED) is 0.622. The van der Waals surface area contributed by atoms with Crippen molar-refractivity contribution in [1.82, 2.24) is 14.5 Å². The number of carbonyl (C=O) groups is 2. The van der Waals surface area contributed by atoms with Gasteiger partial charge in [-0.05, 0) is 56.4 Å². The number of carbonyl (C=O) groups excluding carboxylic acids is 2. The molecule has 34 heavy (non-hydrogen) atoms. The van der Waals surface area contributed by atoms with Gasteiger partial charge in [-0.25, -0.2) is 9.37 Å². The van der Waals surface area contributed by atoms with Crippen molar-refractivity contribution in [2.75, 3.05) is 16.8 Å². The van der Waals surface area contributed by atoms with Crippen LogP contribution in [-0.2, 0) is 9.59 Å². The van der Waals surface area contributed by atoms with Crippen LogP contribution in [0.15, 0.2) is 43.0 Å². The SMILES string of the molecule is CC(=O)Nc1cc(-n2ccnc2)cc(F)c1-c1cc(N2CC[C@@](C#N)(C3CC3)C2=O)cc(C)n1. The fourth-order valence-electron chi connectivity index (χ4n) is 4.77. The lowest BCUT2D eigenvalue weighted by molar-refractivity contribution is -0.123. The number of imidazole rings is 1. The van der Waals surface area contributed by atoms with Crippen molar-refractivity contribution in [3.63, 3.8) is 0 Å². The molecule has 1 N–H and O–H groups in total. The van der Waals surface area contributed by atoms with Gasteiger partial charge in [-0.2, -0.15) is 5.26 Å². The fourth-order valence-corrected chi connectivity index (χ4v) is 4.77. The van der Waals surface area contributed by atoms with E-state index in [0.717, 1.165) is 12.8 Å². The molecule has 0 unspecified atom stereocenters. The van der Waals surface area contributed by atoms with Crippen molar-refractivity contribution in [1.29, 1.82) is 5.26 Å². The van der Waals surface area contributed by atoms with E-state index in [1.807, 2.05) is 0 Å². The molecule has 1 saturated carbocycles. The van der Waals surface area contributed by atoms with E-state index in [9.17, 15) is 14.9 Å². The van der Waals surface area contributed by atoms with E-state index in [-0.39, 0.29) is 29.0 Å². The molecule has 3 aromatic rings. The number of nitriles is 1. The Labute approximate surface area is 196 Å². The number of aryl methyl sites for hydroxylation is 1. The molecule has 2 fully saturated rings. The number of nitrogens with one attached hydrogen (secondary N) is 1. The Morgan fingerprint density at radius 2 is 2.06 bits per heavy atom. The van der Waals surface area contributed by atoms with E-state index in [1.165, 1.54) is 19.3 Å². The third-order valence-electron chi connectivity index (χ3n) is 6.52. The normalized spacial score (nSPS) is 19.8. The molecule has 2 aliphatic rings. The summed E-state index contributed by atoms with van der Waals surface area (Å²) in [5, 5.41) is 12.5. The summed E-state index contributed by atoms with van der Waals surface area (Å²) in [5.74, 6) is -1.02. The molecule has 172 valence electrons. The number of anilines is 2. The summed E-state index contributed by atoms with van der Waals surface area (Å²) in [7, 11) is 0. The Kier molecular flexibility index (Phi) is 5.16. The van der Waals surface area contributed by atoms with Gasteiger partial charge in [0.2, 0.25) is 11.8 Å². The van der Waals surface area contributed by atoms with Gasteiger partial charge in [0.15, 0.2) is 0 Å². The molecule has 0 spiro atoms. The van der Waals surface area contributed by atoms with E-state index < -0.39 is 11.2 Å². The first-order valence-corrected chi connectivity index (χ1v) is 11.1. The van der Waals surface area contributed by atoms with Crippen LogP contribution in [0.25, 0.3) is 16.9 Å². The fraction of sp³-hybridized carbons (Fsp3) is 0.320. The molecule has 1 aromatic carbocycles. The highest BCUT2D eigenvalue weighted by molar-refractivity contribution is 6.03. The number of halogens is 1. The Balaban J connectivity index is 1.59. The average Bonchev–Trinajstić information content (AvgIpc) is 3.37. The van der Waals surface area contributed by atoms with Crippen LogP contribution < -0.4 is 10.2 Å². The molecule has 2 aromatic heterocycles. The molecular weight excluding hydrogens is 435 g/mol. The lowest BCUT2D eigenvalue weighted by Crippen LogP contribution is -2.35. The summed E-state index contributed by atoms with van der Waals surface area (Å²) in [4.78, 5) is 35.3. The third kappa shape index (κ3) is 3.61. The molecule has 3 heterocycles. The molecule has 0 bridgehead atoms. The number of hydrogen-bond acceptors (Lipinski definition) is 5. The number of nitrogens with zero attached hydrogens (tertiary/aromatic N) is 5. The Hall–Kier alpha value is -4.06. The summed E-state index contributed by atoms with van der Waals surface area (Å²) < 4.78 is 17.1. The average molecular weight is 458 g/mol. The van der Waals surface area contributed by atoms with Gasteiger partial charge in [0, 0.05) is 37.2 Å². The maximum atomic E-state index is 15.5. The Morgan fingerprint density at radius 1 is 1.26 bits per heavy atom. The number of amides is 2. The summed E-state index contributed by atoms with van der Waals surface area (Å²) in [6, 6.07) is 8.69. The van der Waals surface area contributed by atoms with Crippen LogP contribution in [0.2, 0.25) is 0 Å². The maximum Gasteiger partial charge on any atom is 0.247 e. The number of rotatable bonds is 5. The predicted octanol–water partition coefficient (Wildman–Crippen LogP) is 4.00. The summed E-state index contributed by atoms with van der Waals surface area (Å²) in [6.07, 6.45) is 7.05. The minimum atomic E-state index is -0.976. The molecule has 1 atom stereocenters. The van der Waals surface area contributed by atoms with E-state index >= 15 is 4.39 Å². The lowest BCUT2D eigenvalue weighted by atomic mass is 9.83. The van der Waals surface area contributed by atoms with Crippen LogP contribution in [0, 0.1) is 35.4 Å². The van der Waals surface area contributed by atoms with E-state index in [4.69, 9.17) is 0 Å². The highest BCUT2D eigenvalue weighted by atomic mass is 19.1. The van der Waals surface area contributed by atoms with Crippen molar-refractivity contribution in [2.24, 2.45) is 11.3 Å². The van der Waals surface area contributed by atoms with Crippen LogP contribution in [0.5, 0.6) is 0 Å². The second-order valence-corrected chi connectivity index (χ2v) is 8.92. The highest BCUT2D eigenvalue weighted by Crippen LogP contribution is 2.52. The lowest BCUT2D eigenvalue weighted by Gasteiger charge is -2.22. The molecule has 0 radical (unpaired) electrons. The zero-order chi connectivity index (χ0) is 24.0. The summed E-state index contributed by atoms with van der Waals surface area (Å²) in [5.41, 5.74) is 1.36. The first-order valence-electron chi connectivity index (χ1n) is 11.1. The summed E-state index contributed by atoms with van der Waals surface area (Å²) >= 11 is 0. The minimum absolute atomic E-state index is 0.108. The van der Waals surface area contributed by atoms with Crippen molar-refractivity contribution in [2.45, 2.75) is 33.1 Å². The van der Waals surface area contributed by atoms with Crippen molar-refractivity contribution in [3.05, 3.63) is 54.5 Å². The molecule has 8 nitrogen and oxygen atoms in total. The molecule has 1 aliphatic heterocycles. The number of pyridine rings is 1. The van der Waals surface area contributed by atoms with Gasteiger partial charge >= 0.3 is 0 Å². The summed E-state index contributed by atoms with van der Waals surface area (Å²) in [6.45, 7) is 3.54. The molecular formula is C25H23FN6O2. The Morgan fingerprint density at radius 3 is 2.71 bits per heavy atom. The predicted molar refractivity (Wildman–Crippen MR) is 124 cm³/mol. The molecule has 5 rings (SSSR count). The molecule has 2 amide bonds. The van der Waals surface area contributed by atoms with E-state index in [1.54, 1.807) is 47.0 Å². The van der Waals surface area contributed by atoms with Crippen molar-refractivity contribution in [3.8, 4) is 23.0 Å². The number of hydrogen-bond donors (Lipinski definition) is 1. The van der Waals surface area contributed by atoms with Gasteiger partial charge in [-0.1, -0.05) is 0 Å². The zero-order valence-corrected chi connectivity index (χ0v) is 18.9. The maximum absolute atomic E-state index is 15.5. The first kappa shape index (κ1) is 21.8. The van der Waals surface area contributed by atoms with Gasteiger partial charge in [-0.15, -0.1) is 0 Å². The smallest absolute Gasteiger partial charge is 0.247 e. The van der Waals surface area contributed by atoms with Gasteiger partial charge < -0.3 is 14.8 Å². The molecule has 1 saturated heterocycles. The zero-order valence-electron chi connectivity index (χ0n) is 18.9. The van der Waals surface area contributed by atoms with Crippen molar-refractivity contribution >= 4 is 23.2 Å². The van der Waals surface area contributed by atoms with Crippen LogP contribution in [-0.4, -0.2) is 32.9 Å². The number of benzene rings is 1. The van der Waals surface area contributed by atoms with Crippen molar-refractivity contribution < 1.29 is 14.0 Å². The minimum Gasteiger partial charge on any atom is -0.326 e. The van der Waals surface area contributed by atoms with Crippen LogP contribution in [0.4, 0.5) is 15.8 Å². The van der Waals surface area contributed by atoms with Crippen LogP contribution >= 0.6 is 0 Å². The van der Waals surface area contributed by atoms with Gasteiger partial charge in [0.25, 0.3) is 0 Å². The molecule has 9 heteroatoms. The second-order valence-electron chi connectivity index (χ2n) is 8.92. The van der Waals surface area contributed by atoms with E-state index in [0.29, 0.717) is 35.7 Å². The van der Waals surface area contributed by atoms with Crippen LogP contribution in [0.1, 0.15) is 31.9 Å². The first-order chi connectivity index (χ1) is 16.3. The third-order valence-corrected chi connectivity index (χ3v) is 6.52. The topological polar surface area (TPSA) is 104 Å². The highest BCUT2D eigenvalue weighted by Gasteiger charge is 2.56. The monoisotopic (exact) mass is 458 g/mol. The molecule has 1 aliphatic carbocycles. The standard InChI is InChI=1S/C25H23FN6O2/c1-15-9-19(32-7-5-25(13-27,24(32)34)17-3-4-17)12-21(29-15)23-20(26)10-18(31-8-6-28-14-31)11-22(23)30-16(2)33/h6,8-12,14,17H,3-5,7H2,1-2H3,(H,30,33)/t25-/m1/s1. The van der Waals surface area contributed by atoms with Crippen LogP contribution in [0.3, 0.4) is 0 Å². The largest absolute Gasteiger partial charge is 0.326 e. The van der Waals surface area contributed by atoms with Gasteiger partial charge in [0.1, 0.15) is 11.2 Å². The second kappa shape index (κ2) is 8.06.